The standard InChI is InChI=1S/C10H18O/c1-10(2)6-3-4-9(8-10)5-7-11/h5,11H,3-4,6-8H2,1-2H3/b9-5-. The number of allylic oxidation sites excluding steroid dienone is 1. The van der Waals surface area contributed by atoms with Crippen LogP contribution in [0.15, 0.2) is 11.6 Å². The second-order valence-corrected chi connectivity index (χ2v) is 4.24. The highest BCUT2D eigenvalue weighted by atomic mass is 16.2. The number of hydrogen-bond donors (Lipinski definition) is 1. The Hall–Kier alpha value is -0.300. The van der Waals surface area contributed by atoms with Crippen molar-refractivity contribution in [2.45, 2.75) is 39.5 Å². The number of hydrogen-bond acceptors (Lipinski definition) is 1. The van der Waals surface area contributed by atoms with E-state index in [1.54, 1.807) is 0 Å². The van der Waals surface area contributed by atoms with Gasteiger partial charge in [0.05, 0.1) is 6.61 Å². The van der Waals surface area contributed by atoms with Gasteiger partial charge in [-0.3, -0.25) is 0 Å². The Labute approximate surface area is 69.1 Å². The molecule has 0 spiro atoms. The molecule has 0 bridgehead atoms. The van der Waals surface area contributed by atoms with E-state index in [1.807, 2.05) is 6.08 Å². The quantitative estimate of drug-likeness (QED) is 0.575. The Morgan fingerprint density at radius 1 is 1.55 bits per heavy atom. The van der Waals surface area contributed by atoms with Crippen molar-refractivity contribution in [3.8, 4) is 0 Å². The van der Waals surface area contributed by atoms with Crippen LogP contribution in [-0.4, -0.2) is 11.7 Å². The minimum atomic E-state index is 0.214. The van der Waals surface area contributed by atoms with Gasteiger partial charge in [-0.25, -0.2) is 0 Å². The Balaban J connectivity index is 2.53. The third kappa shape index (κ3) is 2.66. The van der Waals surface area contributed by atoms with E-state index in [-0.39, 0.29) is 6.61 Å². The number of aliphatic hydroxyl groups excluding tert-OH is 1. The van der Waals surface area contributed by atoms with Crippen LogP contribution in [0.1, 0.15) is 39.5 Å². The largest absolute Gasteiger partial charge is 0.392 e. The molecule has 0 atom stereocenters. The maximum absolute atomic E-state index is 8.71. The van der Waals surface area contributed by atoms with Gasteiger partial charge in [-0.2, -0.15) is 0 Å². The van der Waals surface area contributed by atoms with Gasteiger partial charge >= 0.3 is 0 Å². The molecule has 1 fully saturated rings. The molecule has 0 aromatic heterocycles. The van der Waals surface area contributed by atoms with E-state index in [1.165, 1.54) is 31.3 Å². The molecule has 1 N–H and O–H groups in total. The molecule has 0 unspecified atom stereocenters. The third-order valence-corrected chi connectivity index (χ3v) is 2.44. The van der Waals surface area contributed by atoms with Crippen molar-refractivity contribution in [3.63, 3.8) is 0 Å². The molecular weight excluding hydrogens is 136 g/mol. The number of aliphatic hydroxyl groups is 1. The summed E-state index contributed by atoms with van der Waals surface area (Å²) in [6.07, 6.45) is 6.97. The third-order valence-electron chi connectivity index (χ3n) is 2.44. The zero-order valence-corrected chi connectivity index (χ0v) is 7.56. The van der Waals surface area contributed by atoms with Crippen molar-refractivity contribution < 1.29 is 5.11 Å². The molecule has 0 amide bonds. The summed E-state index contributed by atoms with van der Waals surface area (Å²) >= 11 is 0. The first kappa shape index (κ1) is 8.79. The fraction of sp³-hybridized carbons (Fsp3) is 0.800. The predicted molar refractivity (Wildman–Crippen MR) is 47.4 cm³/mol. The molecule has 0 saturated heterocycles. The van der Waals surface area contributed by atoms with E-state index in [4.69, 9.17) is 5.11 Å². The van der Waals surface area contributed by atoms with E-state index >= 15 is 0 Å². The monoisotopic (exact) mass is 154 g/mol. The van der Waals surface area contributed by atoms with Gasteiger partial charge in [0.15, 0.2) is 0 Å². The van der Waals surface area contributed by atoms with Gasteiger partial charge in [0.25, 0.3) is 0 Å². The maximum Gasteiger partial charge on any atom is 0.0615 e. The molecule has 0 aliphatic heterocycles. The lowest BCUT2D eigenvalue weighted by Crippen LogP contribution is -2.17. The van der Waals surface area contributed by atoms with Gasteiger partial charge in [-0.05, 0) is 31.1 Å². The molecule has 1 rings (SSSR count). The van der Waals surface area contributed by atoms with Gasteiger partial charge in [-0.1, -0.05) is 25.5 Å². The van der Waals surface area contributed by atoms with Crippen LogP contribution >= 0.6 is 0 Å². The van der Waals surface area contributed by atoms with Gasteiger partial charge in [0.2, 0.25) is 0 Å². The van der Waals surface area contributed by atoms with E-state index in [0.29, 0.717) is 5.41 Å². The SMILES string of the molecule is CC1(C)CCC/C(=C/CO)C1. The molecule has 0 heterocycles. The average Bonchev–Trinajstić information content (AvgIpc) is 1.85. The van der Waals surface area contributed by atoms with Crippen LogP contribution in [0.3, 0.4) is 0 Å². The van der Waals surface area contributed by atoms with E-state index < -0.39 is 0 Å². The fourth-order valence-corrected chi connectivity index (χ4v) is 1.89. The summed E-state index contributed by atoms with van der Waals surface area (Å²) in [5.41, 5.74) is 1.92. The summed E-state index contributed by atoms with van der Waals surface area (Å²) in [6, 6.07) is 0. The van der Waals surface area contributed by atoms with Crippen LogP contribution < -0.4 is 0 Å². The Morgan fingerprint density at radius 2 is 2.27 bits per heavy atom. The van der Waals surface area contributed by atoms with E-state index in [0.717, 1.165) is 0 Å². The lowest BCUT2D eigenvalue weighted by atomic mass is 9.75. The zero-order valence-electron chi connectivity index (χ0n) is 7.56. The molecular formula is C10H18O. The minimum absolute atomic E-state index is 0.214. The number of rotatable bonds is 1. The van der Waals surface area contributed by atoms with Crippen LogP contribution in [-0.2, 0) is 0 Å². The Bertz CT molecular complexity index is 156. The van der Waals surface area contributed by atoms with Gasteiger partial charge in [-0.15, -0.1) is 0 Å². The Morgan fingerprint density at radius 3 is 2.82 bits per heavy atom. The molecule has 1 nitrogen and oxygen atoms in total. The van der Waals surface area contributed by atoms with Crippen LogP contribution in [0.4, 0.5) is 0 Å². The second-order valence-electron chi connectivity index (χ2n) is 4.24. The summed E-state index contributed by atoms with van der Waals surface area (Å²) in [4.78, 5) is 0. The molecule has 0 aromatic carbocycles. The first-order valence-electron chi connectivity index (χ1n) is 4.43. The molecule has 1 saturated carbocycles. The summed E-state index contributed by atoms with van der Waals surface area (Å²) < 4.78 is 0. The first-order chi connectivity index (χ1) is 5.14. The zero-order chi connectivity index (χ0) is 8.32. The highest BCUT2D eigenvalue weighted by molar-refractivity contribution is 5.07. The normalized spacial score (nSPS) is 27.4. The van der Waals surface area contributed by atoms with E-state index in [2.05, 4.69) is 13.8 Å². The molecule has 1 aliphatic rings. The smallest absolute Gasteiger partial charge is 0.0615 e. The molecule has 11 heavy (non-hydrogen) atoms. The lowest BCUT2D eigenvalue weighted by molar-refractivity contribution is 0.284. The van der Waals surface area contributed by atoms with Crippen molar-refractivity contribution in [2.75, 3.05) is 6.61 Å². The van der Waals surface area contributed by atoms with Crippen molar-refractivity contribution in [1.29, 1.82) is 0 Å². The summed E-state index contributed by atoms with van der Waals surface area (Å²) in [5.74, 6) is 0. The second kappa shape index (κ2) is 3.40. The van der Waals surface area contributed by atoms with Crippen molar-refractivity contribution in [3.05, 3.63) is 11.6 Å². The predicted octanol–water partition coefficient (Wildman–Crippen LogP) is 2.51. The van der Waals surface area contributed by atoms with E-state index in [9.17, 15) is 0 Å². The Kier molecular flexibility index (Phi) is 2.72. The van der Waals surface area contributed by atoms with Crippen LogP contribution in [0.5, 0.6) is 0 Å². The highest BCUT2D eigenvalue weighted by Crippen LogP contribution is 2.37. The van der Waals surface area contributed by atoms with Gasteiger partial charge < -0.3 is 5.11 Å². The molecule has 1 heteroatoms. The van der Waals surface area contributed by atoms with Crippen LogP contribution in [0.2, 0.25) is 0 Å². The fourth-order valence-electron chi connectivity index (χ4n) is 1.89. The first-order valence-corrected chi connectivity index (χ1v) is 4.43. The highest BCUT2D eigenvalue weighted by Gasteiger charge is 2.23. The maximum atomic E-state index is 8.71. The molecule has 0 radical (unpaired) electrons. The lowest BCUT2D eigenvalue weighted by Gasteiger charge is -2.31. The van der Waals surface area contributed by atoms with Gasteiger partial charge in [0.1, 0.15) is 0 Å². The molecule has 64 valence electrons. The topological polar surface area (TPSA) is 20.2 Å². The van der Waals surface area contributed by atoms with Crippen LogP contribution in [0.25, 0.3) is 0 Å². The average molecular weight is 154 g/mol. The minimum Gasteiger partial charge on any atom is -0.392 e. The van der Waals surface area contributed by atoms with Crippen molar-refractivity contribution in [2.24, 2.45) is 5.41 Å². The van der Waals surface area contributed by atoms with Gasteiger partial charge in [0, 0.05) is 0 Å². The molecule has 0 aromatic rings. The summed E-state index contributed by atoms with van der Waals surface area (Å²) in [5, 5.41) is 8.71. The summed E-state index contributed by atoms with van der Waals surface area (Å²) in [6.45, 7) is 4.82. The van der Waals surface area contributed by atoms with Crippen molar-refractivity contribution in [1.82, 2.24) is 0 Å². The van der Waals surface area contributed by atoms with Crippen LogP contribution in [0, 0.1) is 5.41 Å². The molecule has 1 aliphatic carbocycles. The van der Waals surface area contributed by atoms with Crippen molar-refractivity contribution >= 4 is 0 Å². The summed E-state index contributed by atoms with van der Waals surface area (Å²) in [7, 11) is 0.